The summed E-state index contributed by atoms with van der Waals surface area (Å²) in [6.45, 7) is 2.38. The zero-order valence-electron chi connectivity index (χ0n) is 17.9. The quantitative estimate of drug-likeness (QED) is 0.272. The first kappa shape index (κ1) is 22.7. The summed E-state index contributed by atoms with van der Waals surface area (Å²) in [7, 11) is 0. The Kier molecular flexibility index (Phi) is 8.15. The lowest BCUT2D eigenvalue weighted by atomic mass is 10.1. The van der Waals surface area contributed by atoms with Crippen LogP contribution in [0.3, 0.4) is 0 Å². The molecule has 0 aromatic heterocycles. The van der Waals surface area contributed by atoms with Crippen molar-refractivity contribution in [1.82, 2.24) is 0 Å². The van der Waals surface area contributed by atoms with Gasteiger partial charge in [-0.05, 0) is 48.9 Å². The number of carbonyl (C=O) groups excluding carboxylic acids is 3. The standard InChI is InChI=1S/C26H25NO5/c1-2-3-16-31-23-14-12-20(13-15-23)25(29)27-22-11-7-10-21(17-22)26(30)32-18-24(28)19-8-5-4-6-9-19/h4-15,17H,2-3,16,18H2,1H3,(H,27,29). The monoisotopic (exact) mass is 431 g/mol. The van der Waals surface area contributed by atoms with Crippen molar-refractivity contribution in [2.24, 2.45) is 0 Å². The van der Waals surface area contributed by atoms with Gasteiger partial charge in [-0.25, -0.2) is 4.79 Å². The molecule has 3 aromatic carbocycles. The minimum Gasteiger partial charge on any atom is -0.494 e. The first-order valence-corrected chi connectivity index (χ1v) is 10.5. The number of Topliss-reactive ketones (excluding diaryl/α,β-unsaturated/α-hetero) is 1. The highest BCUT2D eigenvalue weighted by Crippen LogP contribution is 2.16. The Balaban J connectivity index is 1.56. The summed E-state index contributed by atoms with van der Waals surface area (Å²) in [5.41, 5.74) is 1.63. The third-order valence-corrected chi connectivity index (χ3v) is 4.67. The van der Waals surface area contributed by atoms with Crippen molar-refractivity contribution in [3.8, 4) is 5.75 Å². The number of esters is 1. The minimum atomic E-state index is -0.640. The Bertz CT molecular complexity index is 1060. The molecule has 0 spiro atoms. The summed E-state index contributed by atoms with van der Waals surface area (Å²) in [5.74, 6) is -0.524. The molecule has 0 aliphatic heterocycles. The number of hydrogen-bond acceptors (Lipinski definition) is 5. The fourth-order valence-corrected chi connectivity index (χ4v) is 2.89. The van der Waals surface area contributed by atoms with Gasteiger partial charge in [0.15, 0.2) is 12.4 Å². The smallest absolute Gasteiger partial charge is 0.338 e. The van der Waals surface area contributed by atoms with Gasteiger partial charge in [-0.1, -0.05) is 49.7 Å². The largest absolute Gasteiger partial charge is 0.494 e. The van der Waals surface area contributed by atoms with Crippen LogP contribution >= 0.6 is 0 Å². The van der Waals surface area contributed by atoms with Crippen LogP contribution in [0.5, 0.6) is 5.75 Å². The summed E-state index contributed by atoms with van der Waals surface area (Å²) < 4.78 is 10.7. The maximum Gasteiger partial charge on any atom is 0.338 e. The van der Waals surface area contributed by atoms with Gasteiger partial charge in [0, 0.05) is 16.8 Å². The van der Waals surface area contributed by atoms with Crippen LogP contribution in [0.15, 0.2) is 78.9 Å². The van der Waals surface area contributed by atoms with Crippen molar-refractivity contribution < 1.29 is 23.9 Å². The molecule has 32 heavy (non-hydrogen) atoms. The second-order valence-corrected chi connectivity index (χ2v) is 7.13. The Morgan fingerprint density at radius 1 is 0.812 bits per heavy atom. The van der Waals surface area contributed by atoms with Crippen LogP contribution in [0.4, 0.5) is 5.69 Å². The summed E-state index contributed by atoms with van der Waals surface area (Å²) in [6, 6.07) is 21.9. The third-order valence-electron chi connectivity index (χ3n) is 4.67. The Labute approximate surface area is 187 Å². The Morgan fingerprint density at radius 3 is 2.25 bits per heavy atom. The molecular weight excluding hydrogens is 406 g/mol. The van der Waals surface area contributed by atoms with E-state index >= 15 is 0 Å². The Morgan fingerprint density at radius 2 is 1.53 bits per heavy atom. The number of anilines is 1. The number of rotatable bonds is 10. The SMILES string of the molecule is CCCCOc1ccc(C(=O)Nc2cccc(C(=O)OCC(=O)c3ccccc3)c2)cc1. The predicted molar refractivity (Wildman–Crippen MR) is 122 cm³/mol. The van der Waals surface area contributed by atoms with Crippen LogP contribution in [0.2, 0.25) is 0 Å². The summed E-state index contributed by atoms with van der Waals surface area (Å²) >= 11 is 0. The van der Waals surface area contributed by atoms with Gasteiger partial charge in [-0.15, -0.1) is 0 Å². The summed E-state index contributed by atoms with van der Waals surface area (Å²) in [4.78, 5) is 37.0. The zero-order chi connectivity index (χ0) is 22.8. The van der Waals surface area contributed by atoms with Gasteiger partial charge < -0.3 is 14.8 Å². The van der Waals surface area contributed by atoms with Crippen LogP contribution in [0.25, 0.3) is 0 Å². The fraction of sp³-hybridized carbons (Fsp3) is 0.192. The van der Waals surface area contributed by atoms with Crippen molar-refractivity contribution in [2.75, 3.05) is 18.5 Å². The van der Waals surface area contributed by atoms with E-state index in [-0.39, 0.29) is 23.9 Å². The highest BCUT2D eigenvalue weighted by molar-refractivity contribution is 6.05. The van der Waals surface area contributed by atoms with E-state index in [1.54, 1.807) is 72.8 Å². The molecule has 3 rings (SSSR count). The fourth-order valence-electron chi connectivity index (χ4n) is 2.89. The highest BCUT2D eigenvalue weighted by Gasteiger charge is 2.13. The number of ketones is 1. The molecule has 3 aromatic rings. The first-order chi connectivity index (χ1) is 15.6. The molecule has 0 fully saturated rings. The molecule has 0 saturated heterocycles. The lowest BCUT2D eigenvalue weighted by Crippen LogP contribution is -2.15. The lowest BCUT2D eigenvalue weighted by molar-refractivity contribution is 0.0474. The van der Waals surface area contributed by atoms with Crippen molar-refractivity contribution >= 4 is 23.3 Å². The van der Waals surface area contributed by atoms with E-state index in [1.165, 1.54) is 6.07 Å². The van der Waals surface area contributed by atoms with Crippen LogP contribution in [-0.2, 0) is 4.74 Å². The molecular formula is C26H25NO5. The van der Waals surface area contributed by atoms with Crippen LogP contribution in [0, 0.1) is 0 Å². The Hall–Kier alpha value is -3.93. The van der Waals surface area contributed by atoms with E-state index in [4.69, 9.17) is 9.47 Å². The lowest BCUT2D eigenvalue weighted by Gasteiger charge is -2.09. The van der Waals surface area contributed by atoms with Crippen molar-refractivity contribution in [3.05, 3.63) is 95.6 Å². The van der Waals surface area contributed by atoms with Crippen molar-refractivity contribution in [1.29, 1.82) is 0 Å². The van der Waals surface area contributed by atoms with Crippen molar-refractivity contribution in [2.45, 2.75) is 19.8 Å². The van der Waals surface area contributed by atoms with E-state index in [9.17, 15) is 14.4 Å². The molecule has 0 bridgehead atoms. The van der Waals surface area contributed by atoms with E-state index in [0.717, 1.165) is 12.8 Å². The minimum absolute atomic E-state index is 0.239. The first-order valence-electron chi connectivity index (χ1n) is 10.5. The molecule has 6 heteroatoms. The van der Waals surface area contributed by atoms with E-state index in [2.05, 4.69) is 12.2 Å². The number of unbranched alkanes of at least 4 members (excludes halogenated alkanes) is 1. The van der Waals surface area contributed by atoms with Gasteiger partial charge in [0.2, 0.25) is 0 Å². The average molecular weight is 431 g/mol. The number of amides is 1. The maximum absolute atomic E-state index is 12.5. The van der Waals surface area contributed by atoms with E-state index < -0.39 is 5.97 Å². The van der Waals surface area contributed by atoms with Gasteiger partial charge in [0.05, 0.1) is 12.2 Å². The van der Waals surface area contributed by atoms with Gasteiger partial charge >= 0.3 is 5.97 Å². The molecule has 164 valence electrons. The summed E-state index contributed by atoms with van der Waals surface area (Å²) in [5, 5.41) is 2.76. The number of nitrogens with one attached hydrogen (secondary N) is 1. The predicted octanol–water partition coefficient (Wildman–Crippen LogP) is 5.16. The van der Waals surface area contributed by atoms with Crippen molar-refractivity contribution in [3.63, 3.8) is 0 Å². The molecule has 1 amide bonds. The molecule has 0 aliphatic rings. The molecule has 0 aliphatic carbocycles. The molecule has 1 N–H and O–H groups in total. The molecule has 0 saturated carbocycles. The van der Waals surface area contributed by atoms with Gasteiger partial charge in [-0.2, -0.15) is 0 Å². The summed E-state index contributed by atoms with van der Waals surface area (Å²) in [6.07, 6.45) is 2.03. The highest BCUT2D eigenvalue weighted by atomic mass is 16.5. The van der Waals surface area contributed by atoms with Gasteiger partial charge in [0.1, 0.15) is 5.75 Å². The number of ether oxygens (including phenoxy) is 2. The average Bonchev–Trinajstić information content (AvgIpc) is 2.83. The van der Waals surface area contributed by atoms with Crippen LogP contribution in [-0.4, -0.2) is 30.9 Å². The topological polar surface area (TPSA) is 81.7 Å². The second kappa shape index (κ2) is 11.5. The van der Waals surface area contributed by atoms with Gasteiger partial charge in [0.25, 0.3) is 5.91 Å². The van der Waals surface area contributed by atoms with Gasteiger partial charge in [-0.3, -0.25) is 9.59 Å². The molecule has 6 nitrogen and oxygen atoms in total. The normalized spacial score (nSPS) is 10.3. The second-order valence-electron chi connectivity index (χ2n) is 7.13. The molecule has 0 heterocycles. The van der Waals surface area contributed by atoms with E-state index in [1.807, 2.05) is 0 Å². The number of hydrogen-bond donors (Lipinski definition) is 1. The van der Waals surface area contributed by atoms with E-state index in [0.29, 0.717) is 29.2 Å². The molecule has 0 radical (unpaired) electrons. The number of carbonyl (C=O) groups is 3. The number of benzene rings is 3. The van der Waals surface area contributed by atoms with Crippen LogP contribution < -0.4 is 10.1 Å². The van der Waals surface area contributed by atoms with Crippen LogP contribution in [0.1, 0.15) is 50.8 Å². The molecule has 0 unspecified atom stereocenters. The maximum atomic E-state index is 12.5. The third kappa shape index (κ3) is 6.54. The molecule has 0 atom stereocenters. The zero-order valence-corrected chi connectivity index (χ0v) is 17.9.